The zero-order valence-corrected chi connectivity index (χ0v) is 9.63. The molecule has 0 radical (unpaired) electrons. The van der Waals surface area contributed by atoms with Crippen molar-refractivity contribution in [2.45, 2.75) is 20.3 Å². The van der Waals surface area contributed by atoms with Crippen molar-refractivity contribution in [3.05, 3.63) is 52.6 Å². The maximum atomic E-state index is 11.4. The quantitative estimate of drug-likeness (QED) is 0.764. The molecular formula is C14H15NO. The van der Waals surface area contributed by atoms with E-state index in [1.807, 2.05) is 13.0 Å². The molecule has 0 saturated carbocycles. The van der Waals surface area contributed by atoms with E-state index in [2.05, 4.69) is 19.6 Å². The Labute approximate surface area is 95.5 Å². The third-order valence-electron chi connectivity index (χ3n) is 3.04. The van der Waals surface area contributed by atoms with E-state index >= 15 is 0 Å². The zero-order chi connectivity index (χ0) is 11.9. The predicted molar refractivity (Wildman–Crippen MR) is 65.9 cm³/mol. The molecule has 1 aromatic rings. The summed E-state index contributed by atoms with van der Waals surface area (Å²) in [6.45, 7) is 8.02. The fourth-order valence-corrected chi connectivity index (χ4v) is 2.05. The largest absolute Gasteiger partial charge is 0.366 e. The van der Waals surface area contributed by atoms with Gasteiger partial charge >= 0.3 is 0 Å². The van der Waals surface area contributed by atoms with Gasteiger partial charge in [-0.3, -0.25) is 4.79 Å². The smallest absolute Gasteiger partial charge is 0.249 e. The lowest BCUT2D eigenvalue weighted by molar-refractivity contribution is -0.112. The summed E-state index contributed by atoms with van der Waals surface area (Å²) in [5.74, 6) is -0.384. The highest BCUT2D eigenvalue weighted by atomic mass is 16.1. The van der Waals surface area contributed by atoms with Gasteiger partial charge in [-0.05, 0) is 54.2 Å². The number of carbonyl (C=O) groups is 1. The number of primary amides is 1. The number of hydrogen-bond donors (Lipinski definition) is 1. The second-order valence-electron chi connectivity index (χ2n) is 4.35. The Balaban J connectivity index is 2.67. The molecule has 0 unspecified atom stereocenters. The molecule has 0 aliphatic heterocycles. The van der Waals surface area contributed by atoms with Crippen molar-refractivity contribution < 1.29 is 4.79 Å². The van der Waals surface area contributed by atoms with E-state index in [-0.39, 0.29) is 5.91 Å². The minimum atomic E-state index is -0.384. The van der Waals surface area contributed by atoms with Gasteiger partial charge in [-0.15, -0.1) is 0 Å². The average molecular weight is 213 g/mol. The lowest BCUT2D eigenvalue weighted by Crippen LogP contribution is -2.17. The Hall–Kier alpha value is -1.83. The lowest BCUT2D eigenvalue weighted by Gasteiger charge is -2.19. The molecule has 1 aromatic carbocycles. The first-order chi connectivity index (χ1) is 7.49. The molecule has 0 saturated heterocycles. The highest BCUT2D eigenvalue weighted by Crippen LogP contribution is 2.30. The van der Waals surface area contributed by atoms with Gasteiger partial charge in [-0.25, -0.2) is 0 Å². The monoisotopic (exact) mass is 213 g/mol. The maximum Gasteiger partial charge on any atom is 0.249 e. The molecule has 0 atom stereocenters. The minimum absolute atomic E-state index is 0.384. The van der Waals surface area contributed by atoms with Gasteiger partial charge in [-0.2, -0.15) is 0 Å². The molecule has 82 valence electrons. The Morgan fingerprint density at radius 3 is 2.56 bits per heavy atom. The van der Waals surface area contributed by atoms with Crippen LogP contribution in [-0.4, -0.2) is 5.91 Å². The SMILES string of the molecule is C=C1C=C(C(N)=O)c2cc(C)c(C)cc2C1. The summed E-state index contributed by atoms with van der Waals surface area (Å²) < 4.78 is 0. The van der Waals surface area contributed by atoms with Crippen LogP contribution < -0.4 is 5.73 Å². The van der Waals surface area contributed by atoms with Gasteiger partial charge in [0.2, 0.25) is 5.91 Å². The molecule has 1 aliphatic rings. The number of benzene rings is 1. The molecule has 0 fully saturated rings. The Morgan fingerprint density at radius 2 is 1.94 bits per heavy atom. The first kappa shape index (κ1) is 10.7. The number of aryl methyl sites for hydroxylation is 2. The van der Waals surface area contributed by atoms with Crippen LogP contribution in [-0.2, 0) is 11.2 Å². The van der Waals surface area contributed by atoms with Crippen LogP contribution in [0.2, 0.25) is 0 Å². The van der Waals surface area contributed by atoms with E-state index in [4.69, 9.17) is 5.73 Å². The van der Waals surface area contributed by atoms with E-state index in [0.29, 0.717) is 5.57 Å². The summed E-state index contributed by atoms with van der Waals surface area (Å²) in [7, 11) is 0. The standard InChI is InChI=1S/C14H15NO/c1-8-4-11-6-9(2)10(3)7-12(11)13(5-8)14(15)16/h5-7H,1,4H2,2-3H3,(H2,15,16). The van der Waals surface area contributed by atoms with E-state index in [1.165, 1.54) is 11.1 Å². The van der Waals surface area contributed by atoms with Crippen LogP contribution in [0.25, 0.3) is 5.57 Å². The number of hydrogen-bond acceptors (Lipinski definition) is 1. The molecule has 0 aromatic heterocycles. The van der Waals surface area contributed by atoms with Gasteiger partial charge in [0.1, 0.15) is 0 Å². The van der Waals surface area contributed by atoms with E-state index in [1.54, 1.807) is 6.08 Å². The van der Waals surface area contributed by atoms with Gasteiger partial charge in [0, 0.05) is 5.57 Å². The Kier molecular flexibility index (Phi) is 2.43. The Bertz CT molecular complexity index is 524. The van der Waals surface area contributed by atoms with Crippen molar-refractivity contribution in [2.24, 2.45) is 5.73 Å². The summed E-state index contributed by atoms with van der Waals surface area (Å²) in [5.41, 5.74) is 11.4. The molecule has 0 heterocycles. The molecule has 2 N–H and O–H groups in total. The predicted octanol–water partition coefficient (Wildman–Crippen LogP) is 2.28. The van der Waals surface area contributed by atoms with Crippen molar-refractivity contribution in [3.8, 4) is 0 Å². The molecule has 1 amide bonds. The van der Waals surface area contributed by atoms with Gasteiger partial charge in [0.05, 0.1) is 0 Å². The molecule has 2 nitrogen and oxygen atoms in total. The average Bonchev–Trinajstić information content (AvgIpc) is 2.19. The van der Waals surface area contributed by atoms with Crippen molar-refractivity contribution in [1.29, 1.82) is 0 Å². The first-order valence-corrected chi connectivity index (χ1v) is 5.29. The number of rotatable bonds is 1. The highest BCUT2D eigenvalue weighted by Gasteiger charge is 2.18. The molecule has 16 heavy (non-hydrogen) atoms. The zero-order valence-electron chi connectivity index (χ0n) is 9.63. The lowest BCUT2D eigenvalue weighted by atomic mass is 9.86. The minimum Gasteiger partial charge on any atom is -0.366 e. The molecule has 0 spiro atoms. The van der Waals surface area contributed by atoms with E-state index in [0.717, 1.165) is 23.1 Å². The number of allylic oxidation sites excluding steroid dienone is 2. The summed E-state index contributed by atoms with van der Waals surface area (Å²) in [6, 6.07) is 4.15. The fraction of sp³-hybridized carbons (Fsp3) is 0.214. The molecular weight excluding hydrogens is 198 g/mol. The summed E-state index contributed by atoms with van der Waals surface area (Å²) in [4.78, 5) is 11.4. The molecule has 2 heteroatoms. The molecule has 2 rings (SSSR count). The first-order valence-electron chi connectivity index (χ1n) is 5.29. The number of carbonyl (C=O) groups excluding carboxylic acids is 1. The van der Waals surface area contributed by atoms with Crippen LogP contribution in [0.1, 0.15) is 22.3 Å². The summed E-state index contributed by atoms with van der Waals surface area (Å²) in [5, 5.41) is 0. The summed E-state index contributed by atoms with van der Waals surface area (Å²) in [6.07, 6.45) is 2.59. The normalized spacial score (nSPS) is 14.4. The van der Waals surface area contributed by atoms with Gasteiger partial charge in [-0.1, -0.05) is 18.7 Å². The van der Waals surface area contributed by atoms with Crippen LogP contribution in [0.3, 0.4) is 0 Å². The van der Waals surface area contributed by atoms with E-state index in [9.17, 15) is 4.79 Å². The fourth-order valence-electron chi connectivity index (χ4n) is 2.05. The van der Waals surface area contributed by atoms with E-state index < -0.39 is 0 Å². The topological polar surface area (TPSA) is 43.1 Å². The second-order valence-corrected chi connectivity index (χ2v) is 4.35. The van der Waals surface area contributed by atoms with Crippen LogP contribution in [0, 0.1) is 13.8 Å². The Morgan fingerprint density at radius 1 is 1.31 bits per heavy atom. The second kappa shape index (κ2) is 3.63. The third-order valence-corrected chi connectivity index (χ3v) is 3.04. The van der Waals surface area contributed by atoms with Crippen molar-refractivity contribution >= 4 is 11.5 Å². The third kappa shape index (κ3) is 1.67. The number of fused-ring (bicyclic) bond motifs is 1. The number of amides is 1. The van der Waals surface area contributed by atoms with Crippen LogP contribution >= 0.6 is 0 Å². The van der Waals surface area contributed by atoms with Crippen molar-refractivity contribution in [1.82, 2.24) is 0 Å². The molecule has 0 bridgehead atoms. The van der Waals surface area contributed by atoms with Crippen molar-refractivity contribution in [3.63, 3.8) is 0 Å². The van der Waals surface area contributed by atoms with Gasteiger partial charge in [0.15, 0.2) is 0 Å². The molecule has 1 aliphatic carbocycles. The van der Waals surface area contributed by atoms with Crippen molar-refractivity contribution in [2.75, 3.05) is 0 Å². The number of nitrogens with two attached hydrogens (primary N) is 1. The van der Waals surface area contributed by atoms with Crippen LogP contribution in [0.4, 0.5) is 0 Å². The van der Waals surface area contributed by atoms with Gasteiger partial charge < -0.3 is 5.73 Å². The van der Waals surface area contributed by atoms with Gasteiger partial charge in [0.25, 0.3) is 0 Å². The van der Waals surface area contributed by atoms with Crippen LogP contribution in [0.15, 0.2) is 30.4 Å². The highest BCUT2D eigenvalue weighted by molar-refractivity contribution is 6.20. The maximum absolute atomic E-state index is 11.4. The van der Waals surface area contributed by atoms with Crippen LogP contribution in [0.5, 0.6) is 0 Å². The summed E-state index contributed by atoms with van der Waals surface area (Å²) >= 11 is 0.